The molecule has 10 nitrogen and oxygen atoms in total. The Morgan fingerprint density at radius 3 is 1.04 bits per heavy atom. The first-order valence-electron chi connectivity index (χ1n) is 29.8. The lowest BCUT2D eigenvalue weighted by atomic mass is 9.99. The fourth-order valence-electron chi connectivity index (χ4n) is 10.00. The Labute approximate surface area is 419 Å². The molecule has 1 rings (SSSR count). The quantitative estimate of drug-likeness (QED) is 0.0293. The molecule has 8 unspecified atom stereocenters. The lowest BCUT2D eigenvalue weighted by Gasteiger charge is -2.40. The molecule has 0 bridgehead atoms. The Balaban J connectivity index is 2.11. The summed E-state index contributed by atoms with van der Waals surface area (Å²) >= 11 is 0. The summed E-state index contributed by atoms with van der Waals surface area (Å²) in [6, 6.07) is -0.888. The number of ether oxygens (including phenoxy) is 2. The van der Waals surface area contributed by atoms with Crippen molar-refractivity contribution in [1.82, 2.24) is 5.32 Å². The smallest absolute Gasteiger partial charge is 0.249 e. The molecule has 0 aliphatic carbocycles. The maximum Gasteiger partial charge on any atom is 0.249 e. The molecule has 10 heteroatoms. The molecule has 0 spiro atoms. The highest BCUT2D eigenvalue weighted by molar-refractivity contribution is 5.80. The van der Waals surface area contributed by atoms with E-state index in [2.05, 4.69) is 19.2 Å². The van der Waals surface area contributed by atoms with E-state index in [0.717, 1.165) is 44.9 Å². The first kappa shape index (κ1) is 65.2. The highest BCUT2D eigenvalue weighted by atomic mass is 16.7. The monoisotopic (exact) mass is 970 g/mol. The van der Waals surface area contributed by atoms with Crippen LogP contribution in [0, 0.1) is 0 Å². The van der Waals surface area contributed by atoms with Crippen LogP contribution in [0.25, 0.3) is 0 Å². The van der Waals surface area contributed by atoms with Crippen molar-refractivity contribution in [2.24, 2.45) is 0 Å². The second-order valence-corrected chi connectivity index (χ2v) is 21.3. The molecule has 0 saturated carbocycles. The molecule has 1 aliphatic heterocycles. The highest BCUT2D eigenvalue weighted by Crippen LogP contribution is 2.24. The molecule has 1 aliphatic rings. The molecule has 0 aromatic rings. The molecule has 68 heavy (non-hydrogen) atoms. The molecule has 8 atom stereocenters. The molecule has 1 heterocycles. The molecular formula is C58H115NO9. The molecule has 1 amide bonds. The lowest BCUT2D eigenvalue weighted by Crippen LogP contribution is -2.60. The van der Waals surface area contributed by atoms with Crippen LogP contribution in [0.2, 0.25) is 0 Å². The van der Waals surface area contributed by atoms with E-state index in [0.29, 0.717) is 12.8 Å². The number of amides is 1. The summed E-state index contributed by atoms with van der Waals surface area (Å²) in [6.45, 7) is 3.70. The van der Waals surface area contributed by atoms with Gasteiger partial charge in [0.05, 0.1) is 25.4 Å². The maximum absolute atomic E-state index is 13.1. The van der Waals surface area contributed by atoms with Gasteiger partial charge in [0.25, 0.3) is 0 Å². The van der Waals surface area contributed by atoms with Gasteiger partial charge in [-0.15, -0.1) is 0 Å². The number of rotatable bonds is 52. The van der Waals surface area contributed by atoms with Crippen molar-refractivity contribution in [1.29, 1.82) is 0 Å². The van der Waals surface area contributed by atoms with Gasteiger partial charge in [-0.2, -0.15) is 0 Å². The fraction of sp³-hybridized carbons (Fsp3) is 0.983. The van der Waals surface area contributed by atoms with Gasteiger partial charge in [-0.3, -0.25) is 4.79 Å². The van der Waals surface area contributed by atoms with E-state index in [9.17, 15) is 35.4 Å². The molecule has 7 N–H and O–H groups in total. The molecule has 1 fully saturated rings. The Morgan fingerprint density at radius 2 is 0.735 bits per heavy atom. The fourth-order valence-corrected chi connectivity index (χ4v) is 10.00. The number of aliphatic hydroxyl groups is 6. The van der Waals surface area contributed by atoms with Crippen molar-refractivity contribution < 1.29 is 44.9 Å². The minimum Gasteiger partial charge on any atom is -0.394 e. The maximum atomic E-state index is 13.1. The summed E-state index contributed by atoms with van der Waals surface area (Å²) in [7, 11) is 0. The van der Waals surface area contributed by atoms with Crippen LogP contribution in [0.1, 0.15) is 303 Å². The number of carbonyl (C=O) groups is 1. The van der Waals surface area contributed by atoms with E-state index in [1.54, 1.807) is 0 Å². The normalized spacial score (nSPS) is 19.9. The summed E-state index contributed by atoms with van der Waals surface area (Å²) in [4.78, 5) is 13.1. The van der Waals surface area contributed by atoms with Gasteiger partial charge in [-0.05, 0) is 12.8 Å². The Bertz CT molecular complexity index is 1050. The van der Waals surface area contributed by atoms with Gasteiger partial charge in [0.15, 0.2) is 6.29 Å². The Morgan fingerprint density at radius 1 is 0.441 bits per heavy atom. The van der Waals surface area contributed by atoms with Crippen molar-refractivity contribution in [3.05, 3.63) is 0 Å². The zero-order chi connectivity index (χ0) is 49.6. The van der Waals surface area contributed by atoms with E-state index >= 15 is 0 Å². The third-order valence-electron chi connectivity index (χ3n) is 14.8. The molecule has 0 aromatic heterocycles. The van der Waals surface area contributed by atoms with Crippen molar-refractivity contribution in [2.75, 3.05) is 13.2 Å². The van der Waals surface area contributed by atoms with Gasteiger partial charge >= 0.3 is 0 Å². The van der Waals surface area contributed by atoms with E-state index in [1.807, 2.05) is 0 Å². The van der Waals surface area contributed by atoms with Crippen molar-refractivity contribution in [3.8, 4) is 0 Å². The van der Waals surface area contributed by atoms with Gasteiger partial charge in [-0.25, -0.2) is 0 Å². The van der Waals surface area contributed by atoms with Gasteiger partial charge in [0.1, 0.15) is 30.5 Å². The Kier molecular flexibility index (Phi) is 46.4. The standard InChI is InChI=1S/C58H115NO9/c1-3-5-7-9-11-13-15-17-18-19-20-21-22-23-24-25-26-27-28-29-30-31-32-33-34-35-37-39-41-43-45-47-52(62)57(66)59-50(49-67-58-56(65)55(64)54(63)53(48-60)68-58)51(61)46-44-42-40-38-36-16-14-12-10-8-6-4-2/h50-56,58,60-65H,3-49H2,1-2H3,(H,59,66). The van der Waals surface area contributed by atoms with Gasteiger partial charge in [0.2, 0.25) is 5.91 Å². The average Bonchev–Trinajstić information content (AvgIpc) is 3.34. The largest absolute Gasteiger partial charge is 0.394 e. The number of unbranched alkanes of at least 4 members (excludes halogenated alkanes) is 41. The van der Waals surface area contributed by atoms with Crippen molar-refractivity contribution in [2.45, 2.75) is 352 Å². The van der Waals surface area contributed by atoms with E-state index in [-0.39, 0.29) is 6.61 Å². The number of hydrogen-bond acceptors (Lipinski definition) is 9. The average molecular weight is 971 g/mol. The minimum atomic E-state index is -1.59. The van der Waals surface area contributed by atoms with E-state index < -0.39 is 61.5 Å². The van der Waals surface area contributed by atoms with Crippen LogP contribution in [0.3, 0.4) is 0 Å². The predicted octanol–water partition coefficient (Wildman–Crippen LogP) is 13.6. The van der Waals surface area contributed by atoms with Gasteiger partial charge in [-0.1, -0.05) is 290 Å². The van der Waals surface area contributed by atoms with Crippen LogP contribution in [0.15, 0.2) is 0 Å². The summed E-state index contributed by atoms with van der Waals surface area (Å²) in [6.07, 6.45) is 47.7. The van der Waals surface area contributed by atoms with Gasteiger partial charge in [0, 0.05) is 0 Å². The second-order valence-electron chi connectivity index (χ2n) is 21.3. The van der Waals surface area contributed by atoms with Crippen LogP contribution >= 0.6 is 0 Å². The zero-order valence-electron chi connectivity index (χ0n) is 44.8. The van der Waals surface area contributed by atoms with Crippen LogP contribution in [0.4, 0.5) is 0 Å². The molecule has 406 valence electrons. The first-order valence-corrected chi connectivity index (χ1v) is 29.8. The number of aliphatic hydroxyl groups excluding tert-OH is 6. The number of carbonyl (C=O) groups excluding carboxylic acids is 1. The van der Waals surface area contributed by atoms with Crippen LogP contribution in [-0.4, -0.2) is 98.7 Å². The predicted molar refractivity (Wildman–Crippen MR) is 283 cm³/mol. The highest BCUT2D eigenvalue weighted by Gasteiger charge is 2.44. The number of nitrogens with one attached hydrogen (secondary N) is 1. The van der Waals surface area contributed by atoms with E-state index in [1.165, 1.54) is 231 Å². The second kappa shape index (κ2) is 48.4. The third kappa shape index (κ3) is 37.0. The van der Waals surface area contributed by atoms with E-state index in [4.69, 9.17) is 9.47 Å². The Hall–Kier alpha value is -0.850. The molecular weight excluding hydrogens is 855 g/mol. The summed E-state index contributed by atoms with van der Waals surface area (Å²) in [5.74, 6) is -0.577. The first-order chi connectivity index (χ1) is 33.3. The molecule has 0 aromatic carbocycles. The van der Waals surface area contributed by atoms with Crippen LogP contribution in [0.5, 0.6) is 0 Å². The zero-order valence-corrected chi connectivity index (χ0v) is 44.8. The van der Waals surface area contributed by atoms with Crippen molar-refractivity contribution >= 4 is 5.91 Å². The topological polar surface area (TPSA) is 169 Å². The van der Waals surface area contributed by atoms with Crippen LogP contribution in [-0.2, 0) is 14.3 Å². The lowest BCUT2D eigenvalue weighted by molar-refractivity contribution is -0.302. The van der Waals surface area contributed by atoms with Crippen molar-refractivity contribution in [3.63, 3.8) is 0 Å². The minimum absolute atomic E-state index is 0.250. The van der Waals surface area contributed by atoms with Gasteiger partial charge < -0.3 is 45.4 Å². The SMILES string of the molecule is CCCCCCCCCCCCCCCCCCCCCCCCCCCCCCCCCC(O)C(=O)NC(COC1OC(CO)C(O)C(O)C1O)C(O)CCCCCCCCCCCCCC. The summed E-state index contributed by atoms with van der Waals surface area (Å²) in [5.41, 5.74) is 0. The summed E-state index contributed by atoms with van der Waals surface area (Å²) < 4.78 is 11.2. The number of hydrogen-bond donors (Lipinski definition) is 7. The molecule has 0 radical (unpaired) electrons. The summed E-state index contributed by atoms with van der Waals surface area (Å²) in [5, 5.41) is 65.1. The van der Waals surface area contributed by atoms with Crippen LogP contribution < -0.4 is 5.32 Å². The molecule has 1 saturated heterocycles. The third-order valence-corrected chi connectivity index (χ3v) is 14.8.